The molecule has 1 aromatic heterocycles. The maximum absolute atomic E-state index is 14.1. The van der Waals surface area contributed by atoms with E-state index in [0.717, 1.165) is 0 Å². The van der Waals surface area contributed by atoms with Gasteiger partial charge in [0.05, 0.1) is 18.7 Å². The maximum atomic E-state index is 14.1. The van der Waals surface area contributed by atoms with Gasteiger partial charge in [-0.1, -0.05) is 6.92 Å². The normalized spacial score (nSPS) is 13.0. The van der Waals surface area contributed by atoms with Crippen LogP contribution in [-0.2, 0) is 22.7 Å². The zero-order valence-electron chi connectivity index (χ0n) is 16.3. The van der Waals surface area contributed by atoms with Crippen molar-refractivity contribution < 1.29 is 23.8 Å². The number of aromatic hydroxyl groups is 1. The number of halogens is 1. The van der Waals surface area contributed by atoms with Crippen LogP contribution in [0.25, 0.3) is 10.9 Å². The highest BCUT2D eigenvalue weighted by Gasteiger charge is 2.22. The highest BCUT2D eigenvalue weighted by Crippen LogP contribution is 2.41. The fourth-order valence-electron chi connectivity index (χ4n) is 3.64. The number of nitrogens with zero attached hydrogens (tertiary/aromatic N) is 2. The van der Waals surface area contributed by atoms with Gasteiger partial charge < -0.3 is 24.5 Å². The summed E-state index contributed by atoms with van der Waals surface area (Å²) in [6.45, 7) is 2.19. The zero-order chi connectivity index (χ0) is 21.3. The van der Waals surface area contributed by atoms with Gasteiger partial charge in [-0.05, 0) is 41.9 Å². The molecule has 156 valence electrons. The summed E-state index contributed by atoms with van der Waals surface area (Å²) in [4.78, 5) is 23.3. The van der Waals surface area contributed by atoms with Crippen molar-refractivity contribution in [1.82, 2.24) is 4.57 Å². The topological polar surface area (TPSA) is 102 Å². The molecule has 4 rings (SSSR count). The number of rotatable bonds is 6. The Morgan fingerprint density at radius 3 is 2.93 bits per heavy atom. The van der Waals surface area contributed by atoms with Gasteiger partial charge in [0.15, 0.2) is 12.5 Å². The zero-order valence-corrected chi connectivity index (χ0v) is 16.3. The van der Waals surface area contributed by atoms with Crippen molar-refractivity contribution in [3.63, 3.8) is 0 Å². The van der Waals surface area contributed by atoms with Crippen LogP contribution in [0, 0.1) is 10.7 Å². The SMILES string of the molecule is CCCC(=O)Nc1ccc2c(N=O)c(O)n(Cc3cc(F)cc4c3OCOC4)c2c1. The molecule has 0 fully saturated rings. The number of amides is 1. The van der Waals surface area contributed by atoms with Gasteiger partial charge in [0.1, 0.15) is 11.6 Å². The van der Waals surface area contributed by atoms with Crippen molar-refractivity contribution in [2.75, 3.05) is 12.1 Å². The van der Waals surface area contributed by atoms with E-state index in [2.05, 4.69) is 10.5 Å². The number of benzene rings is 2. The third kappa shape index (κ3) is 3.59. The Hall–Kier alpha value is -3.46. The average Bonchev–Trinajstić information content (AvgIpc) is 2.98. The molecule has 1 aliphatic rings. The monoisotopic (exact) mass is 413 g/mol. The van der Waals surface area contributed by atoms with E-state index in [9.17, 15) is 19.2 Å². The van der Waals surface area contributed by atoms with Crippen LogP contribution in [0.3, 0.4) is 0 Å². The fraction of sp³-hybridized carbons (Fsp3) is 0.286. The first-order chi connectivity index (χ1) is 14.5. The number of fused-ring (bicyclic) bond motifs is 2. The molecule has 2 aromatic carbocycles. The summed E-state index contributed by atoms with van der Waals surface area (Å²) >= 11 is 0. The lowest BCUT2D eigenvalue weighted by Gasteiger charge is -2.21. The van der Waals surface area contributed by atoms with Gasteiger partial charge in [-0.15, -0.1) is 4.91 Å². The highest BCUT2D eigenvalue weighted by molar-refractivity contribution is 5.99. The number of aromatic nitrogens is 1. The van der Waals surface area contributed by atoms with Crippen LogP contribution in [0.2, 0.25) is 0 Å². The number of hydrogen-bond donors (Lipinski definition) is 2. The van der Waals surface area contributed by atoms with Crippen molar-refractivity contribution in [3.8, 4) is 11.6 Å². The first-order valence-electron chi connectivity index (χ1n) is 9.52. The molecule has 30 heavy (non-hydrogen) atoms. The van der Waals surface area contributed by atoms with Gasteiger partial charge in [0, 0.05) is 28.6 Å². The second-order valence-electron chi connectivity index (χ2n) is 7.04. The van der Waals surface area contributed by atoms with Crippen LogP contribution in [-0.4, -0.2) is 22.4 Å². The Balaban J connectivity index is 1.80. The van der Waals surface area contributed by atoms with E-state index in [4.69, 9.17) is 9.47 Å². The third-order valence-electron chi connectivity index (χ3n) is 4.94. The van der Waals surface area contributed by atoms with E-state index in [1.165, 1.54) is 16.7 Å². The van der Waals surface area contributed by atoms with E-state index in [-0.39, 0.29) is 37.4 Å². The van der Waals surface area contributed by atoms with E-state index in [1.54, 1.807) is 18.2 Å². The standard InChI is InChI=1S/C21H20FN3O5/c1-2-3-18(26)23-15-4-5-16-17(8-15)25(21(27)19(16)24-28)9-12-6-14(22)7-13-10-29-11-30-20(12)13/h4-8,27H,2-3,9-11H2,1H3,(H,23,26). The molecule has 0 aliphatic carbocycles. The molecule has 0 spiro atoms. The Labute approximate surface area is 171 Å². The summed E-state index contributed by atoms with van der Waals surface area (Å²) in [5, 5.41) is 16.8. The van der Waals surface area contributed by atoms with E-state index < -0.39 is 5.82 Å². The number of anilines is 1. The Morgan fingerprint density at radius 1 is 1.33 bits per heavy atom. The average molecular weight is 413 g/mol. The number of nitrogens with one attached hydrogen (secondary N) is 1. The molecule has 3 aromatic rings. The molecule has 0 radical (unpaired) electrons. The summed E-state index contributed by atoms with van der Waals surface area (Å²) in [7, 11) is 0. The Bertz CT molecular complexity index is 1140. The minimum absolute atomic E-state index is 0.0321. The molecule has 1 amide bonds. The second kappa shape index (κ2) is 8.11. The van der Waals surface area contributed by atoms with E-state index in [1.807, 2.05) is 6.92 Å². The van der Waals surface area contributed by atoms with E-state index >= 15 is 0 Å². The van der Waals surface area contributed by atoms with Gasteiger partial charge >= 0.3 is 0 Å². The van der Waals surface area contributed by atoms with Gasteiger partial charge in [-0.25, -0.2) is 4.39 Å². The second-order valence-corrected chi connectivity index (χ2v) is 7.04. The van der Waals surface area contributed by atoms with Crippen LogP contribution in [0.4, 0.5) is 15.8 Å². The molecular formula is C21H20FN3O5. The van der Waals surface area contributed by atoms with Crippen molar-refractivity contribution in [2.24, 2.45) is 5.18 Å². The Kier molecular flexibility index (Phi) is 5.37. The maximum Gasteiger partial charge on any atom is 0.224 e. The summed E-state index contributed by atoms with van der Waals surface area (Å²) in [5.74, 6) is -0.463. The Morgan fingerprint density at radius 2 is 2.17 bits per heavy atom. The quantitative estimate of drug-likeness (QED) is 0.578. The van der Waals surface area contributed by atoms with Crippen LogP contribution < -0.4 is 10.1 Å². The minimum atomic E-state index is -0.463. The number of carbonyl (C=O) groups is 1. The molecule has 0 saturated heterocycles. The number of carbonyl (C=O) groups excluding carboxylic acids is 1. The number of hydrogen-bond acceptors (Lipinski definition) is 6. The van der Waals surface area contributed by atoms with Gasteiger partial charge in [0.2, 0.25) is 11.8 Å². The van der Waals surface area contributed by atoms with Gasteiger partial charge in [0.25, 0.3) is 0 Å². The van der Waals surface area contributed by atoms with Crippen LogP contribution in [0.1, 0.15) is 30.9 Å². The highest BCUT2D eigenvalue weighted by atomic mass is 19.1. The predicted octanol–water partition coefficient (Wildman–Crippen LogP) is 4.54. The van der Waals surface area contributed by atoms with Crippen molar-refractivity contribution in [2.45, 2.75) is 32.9 Å². The summed E-state index contributed by atoms with van der Waals surface area (Å²) in [6, 6.07) is 7.54. The van der Waals surface area contributed by atoms with Crippen LogP contribution >= 0.6 is 0 Å². The van der Waals surface area contributed by atoms with Crippen molar-refractivity contribution in [3.05, 3.63) is 52.2 Å². The largest absolute Gasteiger partial charge is 0.493 e. The molecule has 0 saturated carbocycles. The van der Waals surface area contributed by atoms with Gasteiger partial charge in [-0.2, -0.15) is 0 Å². The summed E-state index contributed by atoms with van der Waals surface area (Å²) in [6.07, 6.45) is 1.08. The number of nitroso groups, excluding NO2 is 1. The molecule has 1 aliphatic heterocycles. The minimum Gasteiger partial charge on any atom is -0.493 e. The van der Waals surface area contributed by atoms with Crippen LogP contribution in [0.15, 0.2) is 35.5 Å². The van der Waals surface area contributed by atoms with Gasteiger partial charge in [-0.3, -0.25) is 4.79 Å². The summed E-state index contributed by atoms with van der Waals surface area (Å²) < 4.78 is 26.3. The molecule has 2 N–H and O–H groups in total. The first-order valence-corrected chi connectivity index (χ1v) is 9.52. The van der Waals surface area contributed by atoms with Crippen molar-refractivity contribution in [1.29, 1.82) is 0 Å². The molecular weight excluding hydrogens is 393 g/mol. The lowest BCUT2D eigenvalue weighted by atomic mass is 10.1. The first kappa shape index (κ1) is 19.8. The molecule has 8 nitrogen and oxygen atoms in total. The molecule has 9 heteroatoms. The lowest BCUT2D eigenvalue weighted by molar-refractivity contribution is -0.116. The molecule has 0 bridgehead atoms. The fourth-order valence-corrected chi connectivity index (χ4v) is 3.64. The smallest absolute Gasteiger partial charge is 0.224 e. The third-order valence-corrected chi connectivity index (χ3v) is 4.94. The number of ether oxygens (including phenoxy) is 2. The summed E-state index contributed by atoms with van der Waals surface area (Å²) in [5.41, 5.74) is 1.92. The van der Waals surface area contributed by atoms with Crippen LogP contribution in [0.5, 0.6) is 11.6 Å². The predicted molar refractivity (Wildman–Crippen MR) is 108 cm³/mol. The molecule has 0 atom stereocenters. The molecule has 2 heterocycles. The molecule has 0 unspecified atom stereocenters. The lowest BCUT2D eigenvalue weighted by Crippen LogP contribution is -2.15. The van der Waals surface area contributed by atoms with E-state index in [0.29, 0.717) is 46.3 Å². The van der Waals surface area contributed by atoms with Crippen molar-refractivity contribution >= 4 is 28.2 Å².